The number of nitrogens with one attached hydrogen (secondary N) is 1. The number of rotatable bonds is 5. The normalized spacial score (nSPS) is 16.2. The summed E-state index contributed by atoms with van der Waals surface area (Å²) >= 11 is 3.35. The highest BCUT2D eigenvalue weighted by Crippen LogP contribution is 2.22. The minimum atomic E-state index is -3.49. The van der Waals surface area contributed by atoms with Gasteiger partial charge in [-0.25, -0.2) is 13.1 Å². The molecule has 0 unspecified atom stereocenters. The van der Waals surface area contributed by atoms with Gasteiger partial charge in [0.05, 0.1) is 4.90 Å². The van der Waals surface area contributed by atoms with E-state index in [2.05, 4.69) is 49.8 Å². The second-order valence-corrected chi connectivity index (χ2v) is 9.17. The number of likely N-dealkylation sites (tertiary alicyclic amines) is 1. The molecule has 0 bridgehead atoms. The third-order valence-electron chi connectivity index (χ3n) is 4.60. The fourth-order valence-electron chi connectivity index (χ4n) is 3.20. The quantitative estimate of drug-likeness (QED) is 0.731. The molecule has 1 N–H and O–H groups in total. The van der Waals surface area contributed by atoms with Gasteiger partial charge in [-0.2, -0.15) is 0 Å². The molecule has 26 heavy (non-hydrogen) atoms. The van der Waals surface area contributed by atoms with Gasteiger partial charge >= 0.3 is 0 Å². The van der Waals surface area contributed by atoms with E-state index in [0.717, 1.165) is 42.5 Å². The Morgan fingerprint density at radius 3 is 2.42 bits per heavy atom. The molecule has 1 saturated heterocycles. The van der Waals surface area contributed by atoms with Crippen molar-refractivity contribution < 1.29 is 8.42 Å². The molecule has 0 saturated carbocycles. The van der Waals surface area contributed by atoms with E-state index < -0.39 is 10.0 Å². The average Bonchev–Trinajstić information content (AvgIpc) is 2.59. The number of hydrogen-bond donors (Lipinski definition) is 1. The highest BCUT2D eigenvalue weighted by Gasteiger charge is 2.25. The molecule has 0 aromatic heterocycles. The summed E-state index contributed by atoms with van der Waals surface area (Å²) in [5.41, 5.74) is 2.06. The van der Waals surface area contributed by atoms with Crippen LogP contribution in [0.2, 0.25) is 0 Å². The van der Waals surface area contributed by atoms with Gasteiger partial charge in [0.25, 0.3) is 0 Å². The van der Waals surface area contributed by atoms with E-state index in [4.69, 9.17) is 0 Å². The van der Waals surface area contributed by atoms with Crippen LogP contribution in [0.5, 0.6) is 0 Å². The Labute approximate surface area is 170 Å². The van der Waals surface area contributed by atoms with Crippen LogP contribution in [0.15, 0.2) is 57.9 Å². The van der Waals surface area contributed by atoms with Gasteiger partial charge in [0.1, 0.15) is 0 Å². The van der Waals surface area contributed by atoms with Crippen molar-refractivity contribution in [3.63, 3.8) is 0 Å². The van der Waals surface area contributed by atoms with Crippen LogP contribution in [0, 0.1) is 6.92 Å². The Morgan fingerprint density at radius 2 is 1.77 bits per heavy atom. The van der Waals surface area contributed by atoms with E-state index in [-0.39, 0.29) is 18.4 Å². The van der Waals surface area contributed by atoms with Crippen LogP contribution in [0.1, 0.15) is 24.0 Å². The zero-order chi connectivity index (χ0) is 17.9. The molecule has 0 radical (unpaired) electrons. The maximum atomic E-state index is 12.7. The molecule has 0 spiro atoms. The molecule has 1 heterocycles. The second-order valence-electron chi connectivity index (χ2n) is 6.57. The van der Waals surface area contributed by atoms with Gasteiger partial charge in [0, 0.05) is 30.1 Å². The summed E-state index contributed by atoms with van der Waals surface area (Å²) in [6.07, 6.45) is 1.66. The van der Waals surface area contributed by atoms with E-state index in [9.17, 15) is 8.42 Å². The summed E-state index contributed by atoms with van der Waals surface area (Å²) in [6.45, 7) is 4.55. The fourth-order valence-corrected chi connectivity index (χ4v) is 5.29. The summed E-state index contributed by atoms with van der Waals surface area (Å²) in [5, 5.41) is 0. The molecule has 1 aliphatic heterocycles. The van der Waals surface area contributed by atoms with Gasteiger partial charge < -0.3 is 0 Å². The lowest BCUT2D eigenvalue weighted by Crippen LogP contribution is -2.44. The third-order valence-corrected chi connectivity index (χ3v) is 6.75. The minimum Gasteiger partial charge on any atom is -0.299 e. The van der Waals surface area contributed by atoms with Gasteiger partial charge in [-0.3, -0.25) is 4.90 Å². The standard InChI is InChI=1S/C19H23BrN2O2S.ClH/c1-15-7-8-17(20)13-19(15)25(23,24)21-18-9-11-22(12-10-18)14-16-5-3-2-4-6-16;/h2-8,13,18,21H,9-12,14H2,1H3;1H. The second kappa shape index (κ2) is 9.33. The van der Waals surface area contributed by atoms with Crippen LogP contribution < -0.4 is 4.72 Å². The first-order valence-corrected chi connectivity index (χ1v) is 10.8. The van der Waals surface area contributed by atoms with Gasteiger partial charge in [-0.1, -0.05) is 52.3 Å². The largest absolute Gasteiger partial charge is 0.299 e. The molecule has 7 heteroatoms. The molecule has 142 valence electrons. The fraction of sp³-hybridized carbons (Fsp3) is 0.368. The number of halogens is 2. The first-order chi connectivity index (χ1) is 11.9. The molecule has 2 aromatic carbocycles. The van der Waals surface area contributed by atoms with E-state index in [1.807, 2.05) is 25.1 Å². The molecule has 3 rings (SSSR count). The molecule has 1 fully saturated rings. The molecule has 0 aliphatic carbocycles. The summed E-state index contributed by atoms with van der Waals surface area (Å²) in [4.78, 5) is 2.73. The number of aryl methyl sites for hydroxylation is 1. The molecule has 1 aliphatic rings. The van der Waals surface area contributed by atoms with Gasteiger partial charge in [0.15, 0.2) is 0 Å². The molecular weight excluding hydrogens is 436 g/mol. The maximum Gasteiger partial charge on any atom is 0.241 e. The Bertz CT molecular complexity index is 823. The third kappa shape index (κ3) is 5.54. The average molecular weight is 460 g/mol. The van der Waals surface area contributed by atoms with E-state index in [1.165, 1.54) is 5.56 Å². The van der Waals surface area contributed by atoms with Crippen LogP contribution in [0.4, 0.5) is 0 Å². The molecule has 0 amide bonds. The monoisotopic (exact) mass is 458 g/mol. The summed E-state index contributed by atoms with van der Waals surface area (Å²) in [7, 11) is -3.49. The lowest BCUT2D eigenvalue weighted by atomic mass is 10.1. The van der Waals surface area contributed by atoms with Gasteiger partial charge in [0.2, 0.25) is 10.0 Å². The van der Waals surface area contributed by atoms with Crippen LogP contribution >= 0.6 is 28.3 Å². The molecular formula is C19H24BrClN2O2S. The Hall–Kier alpha value is -0.920. The van der Waals surface area contributed by atoms with Gasteiger partial charge in [-0.15, -0.1) is 12.4 Å². The van der Waals surface area contributed by atoms with Crippen LogP contribution in [0.3, 0.4) is 0 Å². The Kier molecular flexibility index (Phi) is 7.67. The van der Waals surface area contributed by atoms with E-state index in [1.54, 1.807) is 6.07 Å². The van der Waals surface area contributed by atoms with E-state index in [0.29, 0.717) is 4.90 Å². The van der Waals surface area contributed by atoms with Crippen LogP contribution in [-0.4, -0.2) is 32.4 Å². The first-order valence-electron chi connectivity index (χ1n) is 8.49. The minimum absolute atomic E-state index is 0. The lowest BCUT2D eigenvalue weighted by Gasteiger charge is -2.32. The number of benzene rings is 2. The van der Waals surface area contributed by atoms with Crippen LogP contribution in [0.25, 0.3) is 0 Å². The smallest absolute Gasteiger partial charge is 0.241 e. The summed E-state index contributed by atoms with van der Waals surface area (Å²) < 4.78 is 29.1. The van der Waals surface area contributed by atoms with Crippen molar-refractivity contribution in [2.24, 2.45) is 0 Å². The topological polar surface area (TPSA) is 49.4 Å². The predicted molar refractivity (Wildman–Crippen MR) is 111 cm³/mol. The van der Waals surface area contributed by atoms with Gasteiger partial charge in [-0.05, 0) is 43.0 Å². The molecule has 2 aromatic rings. The SMILES string of the molecule is Cc1ccc(Br)cc1S(=O)(=O)NC1CCN(Cc2ccccc2)CC1.Cl. The van der Waals surface area contributed by atoms with Crippen molar-refractivity contribution in [3.05, 3.63) is 64.1 Å². The lowest BCUT2D eigenvalue weighted by molar-refractivity contribution is 0.200. The first kappa shape index (κ1) is 21.4. The predicted octanol–water partition coefficient (Wildman–Crippen LogP) is 4.12. The Morgan fingerprint density at radius 1 is 1.12 bits per heavy atom. The van der Waals surface area contributed by atoms with Crippen molar-refractivity contribution in [1.82, 2.24) is 9.62 Å². The number of piperidine rings is 1. The highest BCUT2D eigenvalue weighted by atomic mass is 79.9. The summed E-state index contributed by atoms with van der Waals surface area (Å²) in [5.74, 6) is 0. The Balaban J connectivity index is 0.00000243. The number of nitrogens with zero attached hydrogens (tertiary/aromatic N) is 1. The zero-order valence-electron chi connectivity index (χ0n) is 14.7. The van der Waals surface area contributed by atoms with Crippen molar-refractivity contribution >= 4 is 38.4 Å². The van der Waals surface area contributed by atoms with Crippen molar-refractivity contribution in [2.45, 2.75) is 37.2 Å². The van der Waals surface area contributed by atoms with Crippen molar-refractivity contribution in [2.75, 3.05) is 13.1 Å². The van der Waals surface area contributed by atoms with E-state index >= 15 is 0 Å². The maximum absolute atomic E-state index is 12.7. The molecule has 4 nitrogen and oxygen atoms in total. The molecule has 0 atom stereocenters. The highest BCUT2D eigenvalue weighted by molar-refractivity contribution is 9.10. The van der Waals surface area contributed by atoms with Crippen molar-refractivity contribution in [3.8, 4) is 0 Å². The number of hydrogen-bond acceptors (Lipinski definition) is 3. The van der Waals surface area contributed by atoms with Crippen LogP contribution in [-0.2, 0) is 16.6 Å². The van der Waals surface area contributed by atoms with Crippen molar-refractivity contribution in [1.29, 1.82) is 0 Å². The number of sulfonamides is 1. The summed E-state index contributed by atoms with van der Waals surface area (Å²) in [6, 6.07) is 15.7. The zero-order valence-corrected chi connectivity index (χ0v) is 17.9.